The SMILES string of the molecule is COc1ccc(C(C)(C)C)cc1S(=O)(=O)F. The molecule has 0 aliphatic carbocycles. The fourth-order valence-electron chi connectivity index (χ4n) is 1.33. The monoisotopic (exact) mass is 246 g/mol. The maximum absolute atomic E-state index is 13.0. The van der Waals surface area contributed by atoms with Crippen LogP contribution in [0.5, 0.6) is 5.75 Å². The first-order chi connectivity index (χ1) is 7.16. The summed E-state index contributed by atoms with van der Waals surface area (Å²) in [7, 11) is -3.45. The van der Waals surface area contributed by atoms with E-state index in [1.54, 1.807) is 6.07 Å². The molecule has 0 fully saturated rings. The number of methoxy groups -OCH3 is 1. The highest BCUT2D eigenvalue weighted by Crippen LogP contribution is 2.31. The summed E-state index contributed by atoms with van der Waals surface area (Å²) in [6, 6.07) is 4.51. The van der Waals surface area contributed by atoms with Gasteiger partial charge >= 0.3 is 10.2 Å². The molecule has 0 aliphatic heterocycles. The van der Waals surface area contributed by atoms with Crippen molar-refractivity contribution in [2.45, 2.75) is 31.1 Å². The molecule has 1 rings (SSSR count). The number of benzene rings is 1. The largest absolute Gasteiger partial charge is 0.495 e. The van der Waals surface area contributed by atoms with Crippen LogP contribution in [0.4, 0.5) is 3.89 Å². The first-order valence-electron chi connectivity index (χ1n) is 4.79. The molecule has 0 N–H and O–H groups in total. The number of hydrogen-bond donors (Lipinski definition) is 0. The van der Waals surface area contributed by atoms with Crippen LogP contribution in [0.15, 0.2) is 23.1 Å². The van der Waals surface area contributed by atoms with Crippen LogP contribution in [0, 0.1) is 0 Å². The maximum Gasteiger partial charge on any atom is 0.335 e. The van der Waals surface area contributed by atoms with E-state index in [0.29, 0.717) is 0 Å². The zero-order chi connectivity index (χ0) is 12.6. The summed E-state index contributed by atoms with van der Waals surface area (Å²) in [5.41, 5.74) is 0.496. The van der Waals surface area contributed by atoms with E-state index in [-0.39, 0.29) is 11.2 Å². The summed E-state index contributed by atoms with van der Waals surface area (Å²) < 4.78 is 39.7. The molecule has 0 spiro atoms. The van der Waals surface area contributed by atoms with Gasteiger partial charge in [-0.2, -0.15) is 8.42 Å². The smallest absolute Gasteiger partial charge is 0.335 e. The molecule has 0 saturated carbocycles. The molecule has 0 bridgehead atoms. The molecule has 0 aliphatic rings. The standard InChI is InChI=1S/C11H15FO3S/c1-11(2,3)8-5-6-9(15-4)10(7-8)16(12,13)14/h5-7H,1-4H3. The molecule has 1 aromatic carbocycles. The van der Waals surface area contributed by atoms with Crippen LogP contribution < -0.4 is 4.74 Å². The zero-order valence-electron chi connectivity index (χ0n) is 9.74. The van der Waals surface area contributed by atoms with E-state index in [1.165, 1.54) is 19.2 Å². The van der Waals surface area contributed by atoms with Crippen molar-refractivity contribution < 1.29 is 17.0 Å². The van der Waals surface area contributed by atoms with Crippen molar-refractivity contribution in [2.24, 2.45) is 0 Å². The van der Waals surface area contributed by atoms with Crippen molar-refractivity contribution in [3.8, 4) is 5.75 Å². The third-order valence-electron chi connectivity index (χ3n) is 2.29. The summed E-state index contributed by atoms with van der Waals surface area (Å²) in [6.07, 6.45) is 0. The topological polar surface area (TPSA) is 43.4 Å². The van der Waals surface area contributed by atoms with Crippen LogP contribution in [-0.2, 0) is 15.6 Å². The van der Waals surface area contributed by atoms with Crippen molar-refractivity contribution >= 4 is 10.2 Å². The van der Waals surface area contributed by atoms with Crippen LogP contribution in [0.25, 0.3) is 0 Å². The molecule has 0 aromatic heterocycles. The first kappa shape index (κ1) is 13.0. The normalized spacial score (nSPS) is 12.6. The van der Waals surface area contributed by atoms with Gasteiger partial charge in [-0.05, 0) is 23.1 Å². The van der Waals surface area contributed by atoms with Gasteiger partial charge in [0.1, 0.15) is 10.6 Å². The number of rotatable bonds is 2. The summed E-state index contributed by atoms with van der Waals surface area (Å²) >= 11 is 0. The van der Waals surface area contributed by atoms with Crippen LogP contribution in [0.1, 0.15) is 26.3 Å². The lowest BCUT2D eigenvalue weighted by atomic mass is 9.87. The summed E-state index contributed by atoms with van der Waals surface area (Å²) in [6.45, 7) is 5.76. The minimum Gasteiger partial charge on any atom is -0.495 e. The summed E-state index contributed by atoms with van der Waals surface area (Å²) in [5.74, 6) is 0.0236. The second-order valence-corrected chi connectivity index (χ2v) is 5.87. The average molecular weight is 246 g/mol. The third-order valence-corrected chi connectivity index (χ3v) is 3.14. The number of hydrogen-bond acceptors (Lipinski definition) is 3. The van der Waals surface area contributed by atoms with Crippen molar-refractivity contribution in [1.82, 2.24) is 0 Å². The highest BCUT2D eigenvalue weighted by atomic mass is 32.3. The maximum atomic E-state index is 13.0. The minimum atomic E-state index is -4.75. The Morgan fingerprint density at radius 1 is 1.25 bits per heavy atom. The van der Waals surface area contributed by atoms with Gasteiger partial charge in [0.15, 0.2) is 0 Å². The fraction of sp³-hybridized carbons (Fsp3) is 0.455. The predicted molar refractivity (Wildman–Crippen MR) is 60.0 cm³/mol. The van der Waals surface area contributed by atoms with Crippen molar-refractivity contribution in [2.75, 3.05) is 7.11 Å². The van der Waals surface area contributed by atoms with E-state index in [4.69, 9.17) is 4.74 Å². The van der Waals surface area contributed by atoms with E-state index in [1.807, 2.05) is 20.8 Å². The van der Waals surface area contributed by atoms with E-state index in [9.17, 15) is 12.3 Å². The molecule has 90 valence electrons. The van der Waals surface area contributed by atoms with E-state index < -0.39 is 15.1 Å². The minimum absolute atomic E-state index is 0.0236. The third kappa shape index (κ3) is 2.72. The van der Waals surface area contributed by atoms with Crippen LogP contribution in [0.2, 0.25) is 0 Å². The van der Waals surface area contributed by atoms with Gasteiger partial charge in [-0.3, -0.25) is 0 Å². The molecule has 0 radical (unpaired) electrons. The first-order valence-corrected chi connectivity index (χ1v) is 6.18. The Bertz CT molecular complexity index is 486. The summed E-state index contributed by atoms with van der Waals surface area (Å²) in [5, 5.41) is 0. The lowest BCUT2D eigenvalue weighted by molar-refractivity contribution is 0.400. The van der Waals surface area contributed by atoms with Crippen LogP contribution in [0.3, 0.4) is 0 Å². The second kappa shape index (κ2) is 4.05. The Morgan fingerprint density at radius 2 is 1.81 bits per heavy atom. The van der Waals surface area contributed by atoms with Crippen LogP contribution in [-0.4, -0.2) is 15.5 Å². The van der Waals surface area contributed by atoms with Gasteiger partial charge in [0.25, 0.3) is 0 Å². The zero-order valence-corrected chi connectivity index (χ0v) is 10.6. The van der Waals surface area contributed by atoms with Gasteiger partial charge in [0.05, 0.1) is 7.11 Å². The van der Waals surface area contributed by atoms with Crippen molar-refractivity contribution in [1.29, 1.82) is 0 Å². The van der Waals surface area contributed by atoms with Crippen molar-refractivity contribution in [3.63, 3.8) is 0 Å². The fourth-order valence-corrected chi connectivity index (χ4v) is 1.99. The molecular formula is C11H15FO3S. The van der Waals surface area contributed by atoms with E-state index >= 15 is 0 Å². The molecule has 0 unspecified atom stereocenters. The highest BCUT2D eigenvalue weighted by Gasteiger charge is 2.22. The van der Waals surface area contributed by atoms with Gasteiger partial charge in [0.2, 0.25) is 0 Å². The van der Waals surface area contributed by atoms with Gasteiger partial charge < -0.3 is 4.74 Å². The Labute approximate surface area is 95.5 Å². The van der Waals surface area contributed by atoms with Gasteiger partial charge in [-0.1, -0.05) is 26.8 Å². The number of halogens is 1. The predicted octanol–water partition coefficient (Wildman–Crippen LogP) is 2.65. The molecule has 3 nitrogen and oxygen atoms in total. The highest BCUT2D eigenvalue weighted by molar-refractivity contribution is 7.86. The van der Waals surface area contributed by atoms with E-state index in [0.717, 1.165) is 5.56 Å². The Balaban J connectivity index is 3.46. The summed E-state index contributed by atoms with van der Waals surface area (Å²) in [4.78, 5) is -0.414. The molecule has 0 heterocycles. The lowest BCUT2D eigenvalue weighted by Crippen LogP contribution is -2.12. The molecular weight excluding hydrogens is 231 g/mol. The quantitative estimate of drug-likeness (QED) is 0.753. The lowest BCUT2D eigenvalue weighted by Gasteiger charge is -2.20. The van der Waals surface area contributed by atoms with Gasteiger partial charge in [0, 0.05) is 0 Å². The molecule has 0 amide bonds. The van der Waals surface area contributed by atoms with E-state index in [2.05, 4.69) is 0 Å². The van der Waals surface area contributed by atoms with Gasteiger partial charge in [-0.15, -0.1) is 3.89 Å². The Morgan fingerprint density at radius 3 is 2.19 bits per heavy atom. The van der Waals surface area contributed by atoms with Gasteiger partial charge in [-0.25, -0.2) is 0 Å². The Hall–Kier alpha value is -1.10. The van der Waals surface area contributed by atoms with Crippen LogP contribution >= 0.6 is 0 Å². The van der Waals surface area contributed by atoms with Crippen molar-refractivity contribution in [3.05, 3.63) is 23.8 Å². The molecule has 0 saturated heterocycles. The average Bonchev–Trinajstić information content (AvgIpc) is 2.14. The second-order valence-electron chi connectivity index (χ2n) is 4.55. The molecule has 1 aromatic rings. The molecule has 16 heavy (non-hydrogen) atoms. The molecule has 5 heteroatoms. The molecule has 0 atom stereocenters. The Kier molecular flexibility index (Phi) is 3.28. The number of ether oxygens (including phenoxy) is 1.